The molecule has 0 saturated carbocycles. The van der Waals surface area contributed by atoms with Crippen LogP contribution in [0.15, 0.2) is 10.7 Å². The van der Waals surface area contributed by atoms with E-state index in [2.05, 4.69) is 10.3 Å². The quantitative estimate of drug-likeness (QED) is 0.802. The van der Waals surface area contributed by atoms with Gasteiger partial charge in [-0.05, 0) is 13.3 Å². The highest BCUT2D eigenvalue weighted by atomic mass is 16.5. The van der Waals surface area contributed by atoms with Gasteiger partial charge < -0.3 is 19.6 Å². The lowest BCUT2D eigenvalue weighted by Gasteiger charge is -2.13. The average molecular weight is 226 g/mol. The molecule has 6 nitrogen and oxygen atoms in total. The van der Waals surface area contributed by atoms with Gasteiger partial charge in [0.15, 0.2) is 5.69 Å². The lowest BCUT2D eigenvalue weighted by molar-refractivity contribution is 0.0690. The highest BCUT2D eigenvalue weighted by Gasteiger charge is 2.24. The number of carbonyl (C=O) groups is 1. The van der Waals surface area contributed by atoms with Gasteiger partial charge in [0.1, 0.15) is 6.26 Å². The van der Waals surface area contributed by atoms with Crippen LogP contribution in [0, 0.1) is 5.92 Å². The van der Waals surface area contributed by atoms with Crippen molar-refractivity contribution < 1.29 is 19.1 Å². The molecule has 88 valence electrons. The summed E-state index contributed by atoms with van der Waals surface area (Å²) in [6.45, 7) is 3.48. The molecule has 1 aromatic heterocycles. The molecular weight excluding hydrogens is 212 g/mol. The van der Waals surface area contributed by atoms with Crippen LogP contribution in [0.5, 0.6) is 0 Å². The van der Waals surface area contributed by atoms with Gasteiger partial charge in [0.25, 0.3) is 6.01 Å². The van der Waals surface area contributed by atoms with Crippen molar-refractivity contribution in [3.63, 3.8) is 0 Å². The molecule has 0 radical (unpaired) electrons. The normalized spacial score (nSPS) is 24.6. The number of oxazole rings is 1. The molecule has 2 heterocycles. The molecule has 0 bridgehead atoms. The fourth-order valence-corrected chi connectivity index (χ4v) is 1.72. The van der Waals surface area contributed by atoms with E-state index in [-0.39, 0.29) is 17.8 Å². The first-order valence-electron chi connectivity index (χ1n) is 5.21. The van der Waals surface area contributed by atoms with Crippen LogP contribution in [0.1, 0.15) is 23.8 Å². The summed E-state index contributed by atoms with van der Waals surface area (Å²) in [5.41, 5.74) is -0.0850. The predicted octanol–water partition coefficient (Wildman–Crippen LogP) is 1.21. The Labute approximate surface area is 92.6 Å². The van der Waals surface area contributed by atoms with E-state index >= 15 is 0 Å². The largest absolute Gasteiger partial charge is 0.476 e. The number of hydrogen-bond acceptors (Lipinski definition) is 5. The SMILES string of the molecule is CC1OCCC1CNc1nc(C(=O)O)co1. The molecule has 1 fully saturated rings. The molecule has 0 amide bonds. The summed E-state index contributed by atoms with van der Waals surface area (Å²) in [6.07, 6.45) is 2.35. The summed E-state index contributed by atoms with van der Waals surface area (Å²) in [4.78, 5) is 14.3. The van der Waals surface area contributed by atoms with E-state index in [1.807, 2.05) is 6.92 Å². The zero-order valence-corrected chi connectivity index (χ0v) is 8.97. The van der Waals surface area contributed by atoms with E-state index in [9.17, 15) is 4.79 Å². The van der Waals surface area contributed by atoms with E-state index in [1.54, 1.807) is 0 Å². The van der Waals surface area contributed by atoms with Gasteiger partial charge in [-0.25, -0.2) is 4.79 Å². The first-order valence-corrected chi connectivity index (χ1v) is 5.21. The number of hydrogen-bond donors (Lipinski definition) is 2. The Bertz CT molecular complexity index is 377. The summed E-state index contributed by atoms with van der Waals surface area (Å²) in [5.74, 6) is -0.672. The fourth-order valence-electron chi connectivity index (χ4n) is 1.72. The zero-order chi connectivity index (χ0) is 11.5. The molecule has 0 spiro atoms. The minimum Gasteiger partial charge on any atom is -0.476 e. The second-order valence-corrected chi connectivity index (χ2v) is 3.85. The van der Waals surface area contributed by atoms with Crippen molar-refractivity contribution >= 4 is 12.0 Å². The van der Waals surface area contributed by atoms with Gasteiger partial charge in [0, 0.05) is 19.1 Å². The van der Waals surface area contributed by atoms with E-state index in [0.29, 0.717) is 12.5 Å². The number of carboxylic acids is 1. The molecule has 2 N–H and O–H groups in total. The van der Waals surface area contributed by atoms with Crippen LogP contribution < -0.4 is 5.32 Å². The molecule has 16 heavy (non-hydrogen) atoms. The van der Waals surface area contributed by atoms with Gasteiger partial charge in [-0.15, -0.1) is 0 Å². The first-order chi connectivity index (χ1) is 7.66. The van der Waals surface area contributed by atoms with Crippen LogP contribution in [0.25, 0.3) is 0 Å². The second-order valence-electron chi connectivity index (χ2n) is 3.85. The minimum absolute atomic E-state index is 0.0850. The van der Waals surface area contributed by atoms with Crippen molar-refractivity contribution in [1.82, 2.24) is 4.98 Å². The maximum Gasteiger partial charge on any atom is 0.357 e. The highest BCUT2D eigenvalue weighted by Crippen LogP contribution is 2.20. The van der Waals surface area contributed by atoms with E-state index < -0.39 is 5.97 Å². The lowest BCUT2D eigenvalue weighted by atomic mass is 10.0. The Morgan fingerprint density at radius 2 is 2.56 bits per heavy atom. The third-order valence-electron chi connectivity index (χ3n) is 2.77. The molecule has 1 saturated heterocycles. The van der Waals surface area contributed by atoms with Crippen LogP contribution in [0.2, 0.25) is 0 Å². The number of aromatic carboxylic acids is 1. The van der Waals surface area contributed by atoms with Gasteiger partial charge in [-0.1, -0.05) is 0 Å². The maximum atomic E-state index is 10.6. The number of aromatic nitrogens is 1. The Morgan fingerprint density at radius 3 is 3.12 bits per heavy atom. The molecule has 2 rings (SSSR count). The molecule has 1 aromatic rings. The van der Waals surface area contributed by atoms with Gasteiger partial charge in [0.05, 0.1) is 6.10 Å². The lowest BCUT2D eigenvalue weighted by Crippen LogP contribution is -2.20. The van der Waals surface area contributed by atoms with E-state index in [0.717, 1.165) is 19.3 Å². The fraction of sp³-hybridized carbons (Fsp3) is 0.600. The Hall–Kier alpha value is -1.56. The van der Waals surface area contributed by atoms with Crippen LogP contribution in [-0.4, -0.2) is 35.3 Å². The number of ether oxygens (including phenoxy) is 1. The van der Waals surface area contributed by atoms with Crippen LogP contribution in [-0.2, 0) is 4.74 Å². The smallest absolute Gasteiger partial charge is 0.357 e. The van der Waals surface area contributed by atoms with Crippen LogP contribution in [0.4, 0.5) is 6.01 Å². The molecule has 1 aliphatic rings. The summed E-state index contributed by atoms with van der Waals surface area (Å²) >= 11 is 0. The van der Waals surface area contributed by atoms with Crippen molar-refractivity contribution in [2.45, 2.75) is 19.4 Å². The molecule has 1 aliphatic heterocycles. The van der Waals surface area contributed by atoms with Gasteiger partial charge in [-0.2, -0.15) is 4.98 Å². The topological polar surface area (TPSA) is 84.6 Å². The molecular formula is C10H14N2O4. The molecule has 0 aromatic carbocycles. The average Bonchev–Trinajstić information content (AvgIpc) is 2.83. The third-order valence-corrected chi connectivity index (χ3v) is 2.77. The third kappa shape index (κ3) is 2.33. The van der Waals surface area contributed by atoms with Crippen molar-refractivity contribution in [2.24, 2.45) is 5.92 Å². The Kier molecular flexibility index (Phi) is 3.09. The number of anilines is 1. The Balaban J connectivity index is 1.87. The summed E-state index contributed by atoms with van der Waals surface area (Å²) in [6, 6.07) is 0.247. The summed E-state index contributed by atoms with van der Waals surface area (Å²) in [5, 5.41) is 11.6. The number of carboxylic acid groups (broad SMARTS) is 1. The number of rotatable bonds is 4. The van der Waals surface area contributed by atoms with Gasteiger partial charge in [0.2, 0.25) is 0 Å². The van der Waals surface area contributed by atoms with Crippen LogP contribution in [0.3, 0.4) is 0 Å². The number of nitrogens with zero attached hydrogens (tertiary/aromatic N) is 1. The predicted molar refractivity (Wildman–Crippen MR) is 55.5 cm³/mol. The monoisotopic (exact) mass is 226 g/mol. The first kappa shape index (κ1) is 10.9. The van der Waals surface area contributed by atoms with Crippen molar-refractivity contribution in [3.8, 4) is 0 Å². The molecule has 6 heteroatoms. The second kappa shape index (κ2) is 4.52. The van der Waals surface area contributed by atoms with Gasteiger partial charge >= 0.3 is 5.97 Å². The van der Waals surface area contributed by atoms with Gasteiger partial charge in [-0.3, -0.25) is 0 Å². The van der Waals surface area contributed by atoms with Crippen molar-refractivity contribution in [2.75, 3.05) is 18.5 Å². The highest BCUT2D eigenvalue weighted by molar-refractivity contribution is 5.85. The summed E-state index contributed by atoms with van der Waals surface area (Å²) in [7, 11) is 0. The maximum absolute atomic E-state index is 10.6. The van der Waals surface area contributed by atoms with E-state index in [4.69, 9.17) is 14.3 Å². The van der Waals surface area contributed by atoms with Crippen molar-refractivity contribution in [1.29, 1.82) is 0 Å². The summed E-state index contributed by atoms with van der Waals surface area (Å²) < 4.78 is 10.4. The minimum atomic E-state index is -1.09. The number of nitrogens with one attached hydrogen (secondary N) is 1. The standard InChI is InChI=1S/C10H14N2O4/c1-6-7(2-3-15-6)4-11-10-12-8(5-16-10)9(13)14/h5-7H,2-4H2,1H3,(H,11,12)(H,13,14). The Morgan fingerprint density at radius 1 is 1.75 bits per heavy atom. The van der Waals surface area contributed by atoms with Crippen LogP contribution >= 0.6 is 0 Å². The zero-order valence-electron chi connectivity index (χ0n) is 8.97. The van der Waals surface area contributed by atoms with E-state index in [1.165, 1.54) is 0 Å². The molecule has 2 unspecified atom stereocenters. The van der Waals surface area contributed by atoms with Crippen molar-refractivity contribution in [3.05, 3.63) is 12.0 Å². The molecule has 0 aliphatic carbocycles. The molecule has 2 atom stereocenters.